The van der Waals surface area contributed by atoms with Crippen molar-refractivity contribution in [3.8, 4) is 0 Å². The lowest BCUT2D eigenvalue weighted by atomic mass is 9.90. The van der Waals surface area contributed by atoms with Gasteiger partial charge in [0.2, 0.25) is 5.91 Å². The molecule has 0 bridgehead atoms. The molecular weight excluding hydrogens is 400 g/mol. The van der Waals surface area contributed by atoms with Crippen LogP contribution in [-0.4, -0.2) is 59.3 Å². The van der Waals surface area contributed by atoms with Crippen LogP contribution in [0.2, 0.25) is 0 Å². The summed E-state index contributed by atoms with van der Waals surface area (Å²) < 4.78 is 2.03. The quantitative estimate of drug-likeness (QED) is 0.359. The lowest BCUT2D eigenvalue weighted by molar-refractivity contribution is -0.130. The van der Waals surface area contributed by atoms with Gasteiger partial charge >= 0.3 is 0 Å². The van der Waals surface area contributed by atoms with Crippen molar-refractivity contribution in [3.63, 3.8) is 0 Å². The van der Waals surface area contributed by atoms with Gasteiger partial charge < -0.3 is 15.5 Å². The van der Waals surface area contributed by atoms with E-state index in [4.69, 9.17) is 0 Å². The topological polar surface area (TPSA) is 74.6 Å². The number of aromatic nitrogens is 2. The number of aliphatic imine (C=N–C) groups is 1. The van der Waals surface area contributed by atoms with Crippen LogP contribution in [0, 0.1) is 19.8 Å². The summed E-state index contributed by atoms with van der Waals surface area (Å²) >= 11 is 0. The van der Waals surface area contributed by atoms with Crippen molar-refractivity contribution in [3.05, 3.63) is 53.3 Å². The molecule has 0 spiro atoms. The van der Waals surface area contributed by atoms with Gasteiger partial charge in [-0.1, -0.05) is 30.3 Å². The Morgan fingerprint density at radius 3 is 2.56 bits per heavy atom. The number of carbonyl (C=O) groups excluding carboxylic acids is 1. The van der Waals surface area contributed by atoms with Gasteiger partial charge in [0.05, 0.1) is 5.69 Å². The first-order chi connectivity index (χ1) is 15.5. The second kappa shape index (κ2) is 12.3. The third-order valence-corrected chi connectivity index (χ3v) is 5.99. The predicted octanol–water partition coefficient (Wildman–Crippen LogP) is 2.93. The van der Waals surface area contributed by atoms with Crippen LogP contribution in [0.1, 0.15) is 43.1 Å². The number of hydrogen-bond acceptors (Lipinski definition) is 3. The molecule has 1 aromatic carbocycles. The maximum Gasteiger partial charge on any atom is 0.244 e. The lowest BCUT2D eigenvalue weighted by Gasteiger charge is -2.32. The summed E-state index contributed by atoms with van der Waals surface area (Å²) in [7, 11) is 0. The van der Waals surface area contributed by atoms with E-state index in [2.05, 4.69) is 64.0 Å². The van der Waals surface area contributed by atoms with Crippen LogP contribution < -0.4 is 10.6 Å². The minimum atomic E-state index is 0.114. The third kappa shape index (κ3) is 7.39. The van der Waals surface area contributed by atoms with E-state index in [1.165, 1.54) is 11.3 Å². The highest BCUT2D eigenvalue weighted by atomic mass is 16.2. The number of benzene rings is 1. The summed E-state index contributed by atoms with van der Waals surface area (Å²) in [6.45, 7) is 10.4. The van der Waals surface area contributed by atoms with Crippen molar-refractivity contribution >= 4 is 11.9 Å². The molecule has 7 nitrogen and oxygen atoms in total. The Kier molecular flexibility index (Phi) is 9.13. The average molecular weight is 439 g/mol. The van der Waals surface area contributed by atoms with Crippen LogP contribution in [0.5, 0.6) is 0 Å². The minimum Gasteiger partial charge on any atom is -0.357 e. The van der Waals surface area contributed by atoms with Crippen molar-refractivity contribution in [1.29, 1.82) is 0 Å². The fraction of sp³-hybridized carbons (Fsp3) is 0.560. The number of aryl methyl sites for hydroxylation is 3. The smallest absolute Gasteiger partial charge is 0.244 e. The Morgan fingerprint density at radius 1 is 1.16 bits per heavy atom. The summed E-state index contributed by atoms with van der Waals surface area (Å²) in [6.07, 6.45) is 4.17. The highest BCUT2D eigenvalue weighted by molar-refractivity contribution is 5.85. The number of rotatable bonds is 9. The van der Waals surface area contributed by atoms with E-state index >= 15 is 0 Å². The molecule has 3 rings (SSSR count). The maximum atomic E-state index is 12.7. The maximum absolute atomic E-state index is 12.7. The summed E-state index contributed by atoms with van der Waals surface area (Å²) in [5.41, 5.74) is 3.62. The Hall–Kier alpha value is -2.83. The summed E-state index contributed by atoms with van der Waals surface area (Å²) in [4.78, 5) is 19.2. The second-order valence-electron chi connectivity index (χ2n) is 8.64. The Balaban J connectivity index is 1.39. The number of hydrogen-bond donors (Lipinski definition) is 2. The minimum absolute atomic E-state index is 0.114. The van der Waals surface area contributed by atoms with Gasteiger partial charge in [0, 0.05) is 38.4 Å². The lowest BCUT2D eigenvalue weighted by Crippen LogP contribution is -2.42. The van der Waals surface area contributed by atoms with E-state index < -0.39 is 0 Å². The van der Waals surface area contributed by atoms with Gasteiger partial charge in [0.25, 0.3) is 0 Å². The molecule has 1 aliphatic heterocycles. The average Bonchev–Trinajstić information content (AvgIpc) is 3.12. The number of nitrogens with one attached hydrogen (secondary N) is 2. The Bertz CT molecular complexity index is 868. The standard InChI is InChI=1S/C25H38N6O/c1-4-26-25(27-13-8-14-31-21(3)17-20(2)29-31)28-19-24(32)30-15-11-23(12-16-30)18-22-9-6-5-7-10-22/h5-7,9-10,17,23H,4,8,11-16,18-19H2,1-3H3,(H2,26,27,28). The molecule has 0 saturated carbocycles. The van der Waals surface area contributed by atoms with E-state index in [9.17, 15) is 4.79 Å². The normalized spacial score (nSPS) is 15.1. The van der Waals surface area contributed by atoms with E-state index in [-0.39, 0.29) is 12.5 Å². The van der Waals surface area contributed by atoms with Crippen molar-refractivity contribution in [2.75, 3.05) is 32.7 Å². The molecule has 1 saturated heterocycles. The molecule has 0 atom stereocenters. The molecule has 2 aromatic rings. The van der Waals surface area contributed by atoms with Gasteiger partial charge in [-0.05, 0) is 64.0 Å². The van der Waals surface area contributed by atoms with Crippen LogP contribution in [-0.2, 0) is 17.8 Å². The van der Waals surface area contributed by atoms with Crippen LogP contribution in [0.3, 0.4) is 0 Å². The highest BCUT2D eigenvalue weighted by Crippen LogP contribution is 2.21. The third-order valence-electron chi connectivity index (χ3n) is 5.99. The molecule has 2 heterocycles. The Morgan fingerprint density at radius 2 is 1.91 bits per heavy atom. The number of carbonyl (C=O) groups is 1. The van der Waals surface area contributed by atoms with Crippen molar-refractivity contribution < 1.29 is 4.79 Å². The molecule has 1 aliphatic rings. The first kappa shape index (κ1) is 23.8. The monoisotopic (exact) mass is 438 g/mol. The number of guanidine groups is 1. The number of nitrogens with zero attached hydrogens (tertiary/aromatic N) is 4. The molecule has 1 fully saturated rings. The SMILES string of the molecule is CCNC(=NCC(=O)N1CCC(Cc2ccccc2)CC1)NCCCn1nc(C)cc1C. The largest absolute Gasteiger partial charge is 0.357 e. The van der Waals surface area contributed by atoms with Gasteiger partial charge in [0.15, 0.2) is 5.96 Å². The van der Waals surface area contributed by atoms with Crippen LogP contribution in [0.15, 0.2) is 41.4 Å². The zero-order valence-electron chi connectivity index (χ0n) is 19.8. The van der Waals surface area contributed by atoms with Gasteiger partial charge in [-0.25, -0.2) is 4.99 Å². The molecule has 0 radical (unpaired) electrons. The second-order valence-corrected chi connectivity index (χ2v) is 8.64. The molecule has 0 unspecified atom stereocenters. The van der Waals surface area contributed by atoms with E-state index in [1.807, 2.05) is 23.4 Å². The number of piperidine rings is 1. The molecule has 0 aliphatic carbocycles. The zero-order chi connectivity index (χ0) is 22.8. The molecule has 174 valence electrons. The van der Waals surface area contributed by atoms with Crippen LogP contribution >= 0.6 is 0 Å². The molecule has 32 heavy (non-hydrogen) atoms. The van der Waals surface area contributed by atoms with Crippen molar-refractivity contribution in [1.82, 2.24) is 25.3 Å². The summed E-state index contributed by atoms with van der Waals surface area (Å²) in [6, 6.07) is 12.7. The van der Waals surface area contributed by atoms with Crippen molar-refractivity contribution in [2.45, 2.75) is 53.0 Å². The van der Waals surface area contributed by atoms with E-state index in [0.717, 1.165) is 64.1 Å². The fourth-order valence-electron chi connectivity index (χ4n) is 4.26. The summed E-state index contributed by atoms with van der Waals surface area (Å²) in [5, 5.41) is 11.1. The molecule has 2 N–H and O–H groups in total. The molecule has 1 amide bonds. The Labute approximate surface area is 192 Å². The van der Waals surface area contributed by atoms with Gasteiger partial charge in [-0.3, -0.25) is 9.48 Å². The van der Waals surface area contributed by atoms with Crippen LogP contribution in [0.4, 0.5) is 0 Å². The molecule has 1 aromatic heterocycles. The first-order valence-electron chi connectivity index (χ1n) is 11.9. The fourth-order valence-corrected chi connectivity index (χ4v) is 4.26. The zero-order valence-corrected chi connectivity index (χ0v) is 19.8. The number of likely N-dealkylation sites (tertiary alicyclic amines) is 1. The molecule has 7 heteroatoms. The number of amides is 1. The summed E-state index contributed by atoms with van der Waals surface area (Å²) in [5.74, 6) is 1.47. The van der Waals surface area contributed by atoms with Gasteiger partial charge in [-0.15, -0.1) is 0 Å². The van der Waals surface area contributed by atoms with Gasteiger partial charge in [0.1, 0.15) is 6.54 Å². The van der Waals surface area contributed by atoms with E-state index in [0.29, 0.717) is 11.9 Å². The predicted molar refractivity (Wildman–Crippen MR) is 130 cm³/mol. The van der Waals surface area contributed by atoms with Crippen molar-refractivity contribution in [2.24, 2.45) is 10.9 Å². The van der Waals surface area contributed by atoms with Gasteiger partial charge in [-0.2, -0.15) is 5.10 Å². The van der Waals surface area contributed by atoms with Crippen LogP contribution in [0.25, 0.3) is 0 Å². The molecular formula is C25H38N6O. The highest BCUT2D eigenvalue weighted by Gasteiger charge is 2.22. The first-order valence-corrected chi connectivity index (χ1v) is 11.9. The van der Waals surface area contributed by atoms with E-state index in [1.54, 1.807) is 0 Å².